The van der Waals surface area contributed by atoms with Crippen LogP contribution in [0.1, 0.15) is 18.9 Å². The number of carbonyl (C=O) groups excluding carboxylic acids is 1. The molecule has 1 aromatic rings. The van der Waals surface area contributed by atoms with Gasteiger partial charge in [-0.15, -0.1) is 0 Å². The summed E-state index contributed by atoms with van der Waals surface area (Å²) in [6.07, 6.45) is 2.96. The number of hydrogen-bond donors (Lipinski definition) is 1. The van der Waals surface area contributed by atoms with E-state index in [-0.39, 0.29) is 12.4 Å². The summed E-state index contributed by atoms with van der Waals surface area (Å²) in [5.74, 6) is -0.345. The summed E-state index contributed by atoms with van der Waals surface area (Å²) in [6, 6.07) is 8.74. The zero-order valence-corrected chi connectivity index (χ0v) is 10.7. The van der Waals surface area contributed by atoms with Gasteiger partial charge in [0.25, 0.3) is 0 Å². The van der Waals surface area contributed by atoms with Crippen LogP contribution >= 0.6 is 0 Å². The molecule has 1 N–H and O–H groups in total. The molecule has 0 saturated heterocycles. The summed E-state index contributed by atoms with van der Waals surface area (Å²) in [5.41, 5.74) is 1.92. The number of hydrogen-bond acceptors (Lipinski definition) is 2. The Hall–Kier alpha value is -2.10. The minimum atomic E-state index is -0.617. The molecule has 2 rings (SSSR count). The van der Waals surface area contributed by atoms with E-state index in [1.165, 1.54) is 6.08 Å². The second-order valence-corrected chi connectivity index (χ2v) is 4.53. The van der Waals surface area contributed by atoms with Gasteiger partial charge in [0.2, 0.25) is 0 Å². The molecule has 0 aromatic heterocycles. The fourth-order valence-corrected chi connectivity index (χ4v) is 1.85. The molecule has 0 fully saturated rings. The first-order valence-electron chi connectivity index (χ1n) is 6.15. The number of nitrogens with one attached hydrogen (secondary N) is 1. The Morgan fingerprint density at radius 2 is 2.11 bits per heavy atom. The van der Waals surface area contributed by atoms with Crippen LogP contribution in [0.2, 0.25) is 0 Å². The highest BCUT2D eigenvalue weighted by Crippen LogP contribution is 2.19. The van der Waals surface area contributed by atoms with Gasteiger partial charge in [0.15, 0.2) is 0 Å². The van der Waals surface area contributed by atoms with Crippen molar-refractivity contribution in [2.75, 3.05) is 0 Å². The molecule has 19 heavy (non-hydrogen) atoms. The van der Waals surface area contributed by atoms with Crippen LogP contribution in [0.4, 0.5) is 9.18 Å². The van der Waals surface area contributed by atoms with Gasteiger partial charge in [0.05, 0.1) is 6.04 Å². The van der Waals surface area contributed by atoms with E-state index in [0.29, 0.717) is 6.42 Å². The van der Waals surface area contributed by atoms with E-state index >= 15 is 0 Å². The Bertz CT molecular complexity index is 508. The first kappa shape index (κ1) is 13.3. The topological polar surface area (TPSA) is 38.3 Å². The van der Waals surface area contributed by atoms with E-state index < -0.39 is 12.1 Å². The molecule has 1 aliphatic carbocycles. The Kier molecular flexibility index (Phi) is 4.34. The normalized spacial score (nSPS) is 18.3. The van der Waals surface area contributed by atoms with Gasteiger partial charge in [0.1, 0.15) is 12.4 Å². The summed E-state index contributed by atoms with van der Waals surface area (Å²) in [5, 5.41) is 2.52. The van der Waals surface area contributed by atoms with Gasteiger partial charge < -0.3 is 10.1 Å². The second kappa shape index (κ2) is 6.18. The first-order chi connectivity index (χ1) is 9.15. The van der Waals surface area contributed by atoms with Crippen LogP contribution in [-0.4, -0.2) is 12.1 Å². The Morgan fingerprint density at radius 1 is 1.37 bits per heavy atom. The summed E-state index contributed by atoms with van der Waals surface area (Å²) in [4.78, 5) is 11.6. The number of benzene rings is 1. The van der Waals surface area contributed by atoms with Crippen LogP contribution < -0.4 is 5.32 Å². The number of amides is 1. The third-order valence-corrected chi connectivity index (χ3v) is 2.89. The van der Waals surface area contributed by atoms with Gasteiger partial charge in [-0.05, 0) is 25.0 Å². The molecule has 0 aliphatic heterocycles. The second-order valence-electron chi connectivity index (χ2n) is 4.53. The molecule has 1 aromatic carbocycles. The van der Waals surface area contributed by atoms with Gasteiger partial charge in [-0.25, -0.2) is 9.18 Å². The van der Waals surface area contributed by atoms with Gasteiger partial charge >= 0.3 is 6.09 Å². The minimum absolute atomic E-state index is 0.180. The molecule has 0 bridgehead atoms. The molecule has 1 atom stereocenters. The standard InChI is InChI=1S/C15H16FNO2/c1-11-7-8-13(16)14(9-11)17-15(18)19-10-12-5-3-2-4-6-12/h2-8,14H,9-10H2,1H3,(H,17,18). The molecule has 0 heterocycles. The van der Waals surface area contributed by atoms with Crippen molar-refractivity contribution in [3.63, 3.8) is 0 Å². The quantitative estimate of drug-likeness (QED) is 0.904. The highest BCUT2D eigenvalue weighted by Gasteiger charge is 2.20. The highest BCUT2D eigenvalue weighted by atomic mass is 19.1. The lowest BCUT2D eigenvalue weighted by molar-refractivity contribution is 0.136. The predicted octanol–water partition coefficient (Wildman–Crippen LogP) is 3.48. The van der Waals surface area contributed by atoms with Crippen molar-refractivity contribution < 1.29 is 13.9 Å². The van der Waals surface area contributed by atoms with E-state index in [1.807, 2.05) is 37.3 Å². The van der Waals surface area contributed by atoms with E-state index in [4.69, 9.17) is 4.74 Å². The number of halogens is 1. The highest BCUT2D eigenvalue weighted by molar-refractivity contribution is 5.68. The van der Waals surface area contributed by atoms with Crippen LogP contribution in [0.25, 0.3) is 0 Å². The molecule has 0 spiro atoms. The summed E-state index contributed by atoms with van der Waals surface area (Å²) in [7, 11) is 0. The van der Waals surface area contributed by atoms with Crippen molar-refractivity contribution in [3.8, 4) is 0 Å². The third kappa shape index (κ3) is 3.95. The van der Waals surface area contributed by atoms with Crippen molar-refractivity contribution >= 4 is 6.09 Å². The Morgan fingerprint density at radius 3 is 2.84 bits per heavy atom. The Balaban J connectivity index is 1.82. The molecule has 1 amide bonds. The monoisotopic (exact) mass is 261 g/mol. The van der Waals surface area contributed by atoms with E-state index in [1.54, 1.807) is 6.08 Å². The lowest BCUT2D eigenvalue weighted by Crippen LogP contribution is -2.36. The minimum Gasteiger partial charge on any atom is -0.445 e. The summed E-state index contributed by atoms with van der Waals surface area (Å²) < 4.78 is 18.5. The molecular formula is C15H16FNO2. The molecule has 3 nitrogen and oxygen atoms in total. The molecule has 0 saturated carbocycles. The van der Waals surface area contributed by atoms with Crippen molar-refractivity contribution in [1.82, 2.24) is 5.32 Å². The van der Waals surface area contributed by atoms with Gasteiger partial charge in [-0.2, -0.15) is 0 Å². The molecule has 0 radical (unpaired) electrons. The summed E-state index contributed by atoms with van der Waals surface area (Å²) >= 11 is 0. The Labute approximate surface area is 111 Å². The van der Waals surface area contributed by atoms with Crippen molar-refractivity contribution in [1.29, 1.82) is 0 Å². The average molecular weight is 261 g/mol. The average Bonchev–Trinajstić information content (AvgIpc) is 2.42. The zero-order chi connectivity index (χ0) is 13.7. The first-order valence-corrected chi connectivity index (χ1v) is 6.15. The van der Waals surface area contributed by atoms with Gasteiger partial charge in [-0.3, -0.25) is 0 Å². The molecule has 1 aliphatic rings. The molecular weight excluding hydrogens is 245 g/mol. The molecule has 4 heteroatoms. The van der Waals surface area contributed by atoms with Crippen molar-refractivity contribution in [2.45, 2.75) is 26.0 Å². The third-order valence-electron chi connectivity index (χ3n) is 2.89. The number of rotatable bonds is 3. The number of carbonyl (C=O) groups is 1. The maximum absolute atomic E-state index is 13.5. The maximum Gasteiger partial charge on any atom is 0.408 e. The van der Waals surface area contributed by atoms with E-state index in [0.717, 1.165) is 11.1 Å². The zero-order valence-electron chi connectivity index (χ0n) is 10.7. The van der Waals surface area contributed by atoms with E-state index in [9.17, 15) is 9.18 Å². The predicted molar refractivity (Wildman–Crippen MR) is 71.1 cm³/mol. The SMILES string of the molecule is CC1=CC=C(F)C(NC(=O)OCc2ccccc2)C1. The number of allylic oxidation sites excluding steroid dienone is 2. The fourth-order valence-electron chi connectivity index (χ4n) is 1.85. The van der Waals surface area contributed by atoms with Gasteiger partial charge in [-0.1, -0.05) is 42.0 Å². The van der Waals surface area contributed by atoms with Gasteiger partial charge in [0, 0.05) is 0 Å². The molecule has 100 valence electrons. The molecule has 1 unspecified atom stereocenters. The maximum atomic E-state index is 13.5. The largest absolute Gasteiger partial charge is 0.445 e. The van der Waals surface area contributed by atoms with E-state index in [2.05, 4.69) is 5.32 Å². The summed E-state index contributed by atoms with van der Waals surface area (Å²) in [6.45, 7) is 2.08. The smallest absolute Gasteiger partial charge is 0.408 e. The van der Waals surface area contributed by atoms with Crippen molar-refractivity contribution in [2.24, 2.45) is 0 Å². The van der Waals surface area contributed by atoms with Crippen LogP contribution in [0.3, 0.4) is 0 Å². The lowest BCUT2D eigenvalue weighted by atomic mass is 10.0. The number of alkyl carbamates (subject to hydrolysis) is 1. The van der Waals surface area contributed by atoms with Crippen LogP contribution in [0.15, 0.2) is 53.9 Å². The fraction of sp³-hybridized carbons (Fsp3) is 0.267. The lowest BCUT2D eigenvalue weighted by Gasteiger charge is -2.19. The number of ether oxygens (including phenoxy) is 1. The van der Waals surface area contributed by atoms with Crippen LogP contribution in [-0.2, 0) is 11.3 Å². The van der Waals surface area contributed by atoms with Crippen LogP contribution in [0.5, 0.6) is 0 Å². The van der Waals surface area contributed by atoms with Crippen LogP contribution in [0, 0.1) is 0 Å². The van der Waals surface area contributed by atoms with Crippen molar-refractivity contribution in [3.05, 3.63) is 59.4 Å².